The first-order valence-corrected chi connectivity index (χ1v) is 11.3. The summed E-state index contributed by atoms with van der Waals surface area (Å²) in [6, 6.07) is 12.3. The smallest absolute Gasteiger partial charge is 0.230 e. The fourth-order valence-electron chi connectivity index (χ4n) is 3.25. The summed E-state index contributed by atoms with van der Waals surface area (Å²) in [5.41, 5.74) is 1.92. The molecule has 3 aromatic rings. The minimum Gasteiger partial charge on any atom is -0.486 e. The van der Waals surface area contributed by atoms with E-state index in [2.05, 4.69) is 10.3 Å². The molecule has 1 aliphatic rings. The van der Waals surface area contributed by atoms with E-state index >= 15 is 0 Å². The maximum absolute atomic E-state index is 12.4. The lowest BCUT2D eigenvalue weighted by molar-refractivity contribution is -0.117. The summed E-state index contributed by atoms with van der Waals surface area (Å²) in [5, 5.41) is 6.53. The fraction of sp³-hybridized carbons (Fsp3) is 0.227. The van der Waals surface area contributed by atoms with Crippen LogP contribution in [0.15, 0.2) is 47.8 Å². The van der Waals surface area contributed by atoms with Gasteiger partial charge in [0.1, 0.15) is 17.4 Å². The van der Waals surface area contributed by atoms with Crippen LogP contribution < -0.4 is 15.0 Å². The van der Waals surface area contributed by atoms with E-state index in [-0.39, 0.29) is 18.2 Å². The van der Waals surface area contributed by atoms with Crippen LogP contribution in [0, 0.1) is 0 Å². The highest BCUT2D eigenvalue weighted by Gasteiger charge is 2.23. The molecular weight excluding hydrogens is 457 g/mol. The molecule has 2 amide bonds. The van der Waals surface area contributed by atoms with Crippen molar-refractivity contribution in [1.82, 2.24) is 4.98 Å². The second kappa shape index (κ2) is 9.68. The Morgan fingerprint density at radius 1 is 1.19 bits per heavy atom. The van der Waals surface area contributed by atoms with E-state index in [0.717, 1.165) is 11.4 Å². The molecule has 6 nitrogen and oxygen atoms in total. The molecule has 31 heavy (non-hydrogen) atoms. The quantitative estimate of drug-likeness (QED) is 0.500. The third kappa shape index (κ3) is 5.55. The van der Waals surface area contributed by atoms with Gasteiger partial charge in [-0.3, -0.25) is 9.59 Å². The van der Waals surface area contributed by atoms with E-state index in [9.17, 15) is 9.59 Å². The molecule has 1 aromatic heterocycles. The Morgan fingerprint density at radius 3 is 2.71 bits per heavy atom. The van der Waals surface area contributed by atoms with Crippen LogP contribution in [0.3, 0.4) is 0 Å². The lowest BCUT2D eigenvalue weighted by Crippen LogP contribution is -2.24. The van der Waals surface area contributed by atoms with Crippen molar-refractivity contribution in [2.75, 3.05) is 16.8 Å². The molecule has 2 aromatic carbocycles. The number of halogens is 2. The minimum atomic E-state index is -0.198. The summed E-state index contributed by atoms with van der Waals surface area (Å²) in [7, 11) is 0. The molecular formula is C22H19Cl2N3O3S. The molecule has 160 valence electrons. The molecule has 0 unspecified atom stereocenters. The van der Waals surface area contributed by atoms with E-state index in [1.165, 1.54) is 11.3 Å². The van der Waals surface area contributed by atoms with E-state index in [1.54, 1.807) is 47.4 Å². The van der Waals surface area contributed by atoms with Gasteiger partial charge in [-0.25, -0.2) is 4.98 Å². The molecule has 2 heterocycles. The third-order valence-electron chi connectivity index (χ3n) is 4.71. The van der Waals surface area contributed by atoms with Crippen LogP contribution in [0.2, 0.25) is 10.0 Å². The van der Waals surface area contributed by atoms with Gasteiger partial charge in [0.2, 0.25) is 11.8 Å². The number of benzene rings is 2. The van der Waals surface area contributed by atoms with Gasteiger partial charge in [0, 0.05) is 29.1 Å². The van der Waals surface area contributed by atoms with Crippen molar-refractivity contribution in [3.05, 3.63) is 68.6 Å². The third-order valence-corrected chi connectivity index (χ3v) is 6.14. The first kappa shape index (κ1) is 21.6. The zero-order valence-electron chi connectivity index (χ0n) is 16.4. The summed E-state index contributed by atoms with van der Waals surface area (Å²) >= 11 is 13.6. The molecule has 0 spiro atoms. The Bertz CT molecular complexity index is 1100. The van der Waals surface area contributed by atoms with Gasteiger partial charge in [-0.2, -0.15) is 0 Å². The Balaban J connectivity index is 1.31. The van der Waals surface area contributed by atoms with Crippen LogP contribution in [0.5, 0.6) is 5.75 Å². The molecule has 1 aliphatic heterocycles. The van der Waals surface area contributed by atoms with Gasteiger partial charge in [0.05, 0.1) is 22.8 Å². The van der Waals surface area contributed by atoms with Crippen LogP contribution in [0.4, 0.5) is 11.4 Å². The number of thiazole rings is 1. The number of nitrogens with one attached hydrogen (secondary N) is 1. The lowest BCUT2D eigenvalue weighted by Gasteiger charge is -2.18. The lowest BCUT2D eigenvalue weighted by atomic mass is 10.2. The van der Waals surface area contributed by atoms with Gasteiger partial charge in [-0.05, 0) is 48.9 Å². The van der Waals surface area contributed by atoms with Crippen LogP contribution in [-0.4, -0.2) is 23.3 Å². The van der Waals surface area contributed by atoms with Crippen molar-refractivity contribution in [2.45, 2.75) is 25.9 Å². The highest BCUT2D eigenvalue weighted by molar-refractivity contribution is 7.09. The predicted molar refractivity (Wildman–Crippen MR) is 123 cm³/mol. The van der Waals surface area contributed by atoms with Crippen LogP contribution >= 0.6 is 34.5 Å². The molecule has 0 radical (unpaired) electrons. The maximum atomic E-state index is 12.4. The summed E-state index contributed by atoms with van der Waals surface area (Å²) in [6.07, 6.45) is 1.50. The van der Waals surface area contributed by atoms with Crippen LogP contribution in [0.1, 0.15) is 23.5 Å². The fourth-order valence-corrected chi connectivity index (χ4v) is 4.36. The monoisotopic (exact) mass is 475 g/mol. The zero-order chi connectivity index (χ0) is 21.8. The summed E-state index contributed by atoms with van der Waals surface area (Å²) in [5.74, 6) is 0.574. The van der Waals surface area contributed by atoms with Crippen molar-refractivity contribution < 1.29 is 14.3 Å². The van der Waals surface area contributed by atoms with Gasteiger partial charge in [0.15, 0.2) is 0 Å². The molecule has 0 aliphatic carbocycles. The van der Waals surface area contributed by atoms with Crippen LogP contribution in [-0.2, 0) is 22.6 Å². The molecule has 1 saturated heterocycles. The van der Waals surface area contributed by atoms with Crippen molar-refractivity contribution in [3.63, 3.8) is 0 Å². The largest absolute Gasteiger partial charge is 0.486 e. The number of ether oxygens (including phenoxy) is 1. The van der Waals surface area contributed by atoms with Gasteiger partial charge in [-0.1, -0.05) is 23.2 Å². The summed E-state index contributed by atoms with van der Waals surface area (Å²) in [4.78, 5) is 30.5. The highest BCUT2D eigenvalue weighted by atomic mass is 35.5. The Hall–Kier alpha value is -2.61. The zero-order valence-corrected chi connectivity index (χ0v) is 18.8. The van der Waals surface area contributed by atoms with Crippen molar-refractivity contribution >= 4 is 57.7 Å². The molecule has 1 fully saturated rings. The average Bonchev–Trinajstić information content (AvgIpc) is 3.36. The summed E-state index contributed by atoms with van der Waals surface area (Å²) < 4.78 is 5.68. The molecule has 0 atom stereocenters. The summed E-state index contributed by atoms with van der Waals surface area (Å²) in [6.45, 7) is 0.984. The van der Waals surface area contributed by atoms with Crippen LogP contribution in [0.25, 0.3) is 0 Å². The molecule has 9 heteroatoms. The van der Waals surface area contributed by atoms with Crippen molar-refractivity contribution in [1.29, 1.82) is 0 Å². The van der Waals surface area contributed by atoms with E-state index in [0.29, 0.717) is 52.4 Å². The molecule has 0 bridgehead atoms. The van der Waals surface area contributed by atoms with Crippen molar-refractivity contribution in [2.24, 2.45) is 0 Å². The number of carbonyl (C=O) groups is 2. The van der Waals surface area contributed by atoms with Gasteiger partial charge < -0.3 is 15.0 Å². The minimum absolute atomic E-state index is 0.0677. The average molecular weight is 476 g/mol. The Morgan fingerprint density at radius 2 is 2.00 bits per heavy atom. The number of hydrogen-bond donors (Lipinski definition) is 1. The van der Waals surface area contributed by atoms with Crippen molar-refractivity contribution in [3.8, 4) is 5.75 Å². The molecule has 4 rings (SSSR count). The van der Waals surface area contributed by atoms with E-state index < -0.39 is 0 Å². The normalized spacial score (nSPS) is 13.5. The van der Waals surface area contributed by atoms with Gasteiger partial charge in [-0.15, -0.1) is 11.3 Å². The number of amides is 2. The second-order valence-corrected chi connectivity index (χ2v) is 8.80. The number of nitrogens with zero attached hydrogens (tertiary/aromatic N) is 2. The number of hydrogen-bond acceptors (Lipinski definition) is 5. The predicted octanol–water partition coefficient (Wildman–Crippen LogP) is 5.34. The Labute approximate surface area is 193 Å². The maximum Gasteiger partial charge on any atom is 0.230 e. The van der Waals surface area contributed by atoms with Gasteiger partial charge in [0.25, 0.3) is 0 Å². The standard InChI is InChI=1S/C22H19Cl2N3O3S/c23-14-3-6-17(7-4-14)30-12-21-26-16(13-31-21)11-20(28)25-15-5-8-19(18(24)10-15)27-9-1-2-22(27)29/h3-8,10,13H,1-2,9,11-12H2,(H,25,28). The van der Waals surface area contributed by atoms with E-state index in [4.69, 9.17) is 27.9 Å². The van der Waals surface area contributed by atoms with E-state index in [1.807, 2.05) is 5.38 Å². The molecule has 1 N–H and O–H groups in total. The second-order valence-electron chi connectivity index (χ2n) is 7.02. The SMILES string of the molecule is O=C(Cc1csc(COc2ccc(Cl)cc2)n1)Nc1ccc(N2CCCC2=O)c(Cl)c1. The number of rotatable bonds is 7. The highest BCUT2D eigenvalue weighted by Crippen LogP contribution is 2.31. The number of anilines is 2. The number of carbonyl (C=O) groups excluding carboxylic acids is 2. The number of aromatic nitrogens is 1. The van der Waals surface area contributed by atoms with Gasteiger partial charge >= 0.3 is 0 Å². The molecule has 0 saturated carbocycles. The first-order chi connectivity index (χ1) is 15.0. The topological polar surface area (TPSA) is 71.5 Å². The first-order valence-electron chi connectivity index (χ1n) is 9.69. The Kier molecular flexibility index (Phi) is 6.75.